The summed E-state index contributed by atoms with van der Waals surface area (Å²) < 4.78 is 0. The SMILES string of the molecule is C[Si](C#Cc1ccccc1)(C#Cc1ccccc1)CC[Si](C)(C#Cc1ccccc1)C#Cc1ccccc1. The van der Waals surface area contributed by atoms with Crippen LogP contribution < -0.4 is 0 Å². The van der Waals surface area contributed by atoms with Gasteiger partial charge in [0.15, 0.2) is 0 Å². The van der Waals surface area contributed by atoms with E-state index in [4.69, 9.17) is 0 Å². The zero-order chi connectivity index (χ0) is 26.5. The van der Waals surface area contributed by atoms with E-state index in [0.29, 0.717) is 0 Å². The fourth-order valence-electron chi connectivity index (χ4n) is 3.74. The molecule has 0 aliphatic rings. The Morgan fingerprint density at radius 3 is 0.789 bits per heavy atom. The molecule has 0 fully saturated rings. The maximum atomic E-state index is 3.64. The second kappa shape index (κ2) is 13.2. The molecule has 0 unspecified atom stereocenters. The van der Waals surface area contributed by atoms with Crippen molar-refractivity contribution in [1.29, 1.82) is 0 Å². The van der Waals surface area contributed by atoms with E-state index in [1.807, 2.05) is 72.8 Å². The van der Waals surface area contributed by atoms with Crippen molar-refractivity contribution >= 4 is 16.1 Å². The lowest BCUT2D eigenvalue weighted by atomic mass is 10.2. The van der Waals surface area contributed by atoms with Crippen LogP contribution in [0.1, 0.15) is 22.3 Å². The van der Waals surface area contributed by atoms with E-state index in [0.717, 1.165) is 34.3 Å². The summed E-state index contributed by atoms with van der Waals surface area (Å²) in [4.78, 5) is 0. The monoisotopic (exact) mass is 518 g/mol. The van der Waals surface area contributed by atoms with Gasteiger partial charge in [0.25, 0.3) is 0 Å². The smallest absolute Gasteiger partial charge is 0.110 e. The normalized spacial score (nSPS) is 10.3. The van der Waals surface area contributed by atoms with Crippen molar-refractivity contribution in [3.8, 4) is 45.9 Å². The van der Waals surface area contributed by atoms with Crippen molar-refractivity contribution in [2.75, 3.05) is 0 Å². The predicted octanol–water partition coefficient (Wildman–Crippen LogP) is 7.51. The first-order chi connectivity index (χ1) is 18.5. The predicted molar refractivity (Wildman–Crippen MR) is 166 cm³/mol. The summed E-state index contributed by atoms with van der Waals surface area (Å²) >= 11 is 0. The molecular formula is C36H30Si2. The van der Waals surface area contributed by atoms with Gasteiger partial charge < -0.3 is 0 Å². The van der Waals surface area contributed by atoms with Gasteiger partial charge in [0.1, 0.15) is 0 Å². The molecule has 0 nitrogen and oxygen atoms in total. The van der Waals surface area contributed by atoms with Crippen LogP contribution in [0.4, 0.5) is 0 Å². The molecule has 4 rings (SSSR count). The molecule has 0 amide bonds. The molecule has 182 valence electrons. The van der Waals surface area contributed by atoms with Crippen molar-refractivity contribution in [1.82, 2.24) is 0 Å². The molecule has 4 aromatic carbocycles. The Hall–Kier alpha value is -4.45. The fourth-order valence-corrected chi connectivity index (χ4v) is 10.0. The first kappa shape index (κ1) is 26.6. The van der Waals surface area contributed by atoms with Crippen molar-refractivity contribution in [3.63, 3.8) is 0 Å². The molecule has 0 aliphatic heterocycles. The van der Waals surface area contributed by atoms with E-state index < -0.39 is 16.1 Å². The molecule has 0 saturated heterocycles. The maximum absolute atomic E-state index is 3.64. The number of benzene rings is 4. The zero-order valence-electron chi connectivity index (χ0n) is 22.0. The molecular weight excluding hydrogens is 489 g/mol. The van der Waals surface area contributed by atoms with E-state index in [9.17, 15) is 0 Å². The standard InChI is InChI=1S/C36H30Si2/c1-37(27-23-33-15-7-3-8-16-33,28-24-34-17-9-4-10-18-34)31-32-38(2,29-25-35-19-11-5-12-20-35)30-26-36-21-13-6-14-22-36/h3-22H,31-32H2,1-2H3. The van der Waals surface area contributed by atoms with E-state index in [-0.39, 0.29) is 0 Å². The Kier molecular flexibility index (Phi) is 9.24. The van der Waals surface area contributed by atoms with Crippen molar-refractivity contribution < 1.29 is 0 Å². The number of hydrogen-bond acceptors (Lipinski definition) is 0. The third-order valence-electron chi connectivity index (χ3n) is 6.15. The molecule has 38 heavy (non-hydrogen) atoms. The van der Waals surface area contributed by atoms with Crippen LogP contribution in [-0.4, -0.2) is 16.1 Å². The average molecular weight is 519 g/mol. The van der Waals surface area contributed by atoms with E-state index in [1.165, 1.54) is 0 Å². The highest BCUT2D eigenvalue weighted by atomic mass is 28.3. The van der Waals surface area contributed by atoms with Gasteiger partial charge >= 0.3 is 0 Å². The van der Waals surface area contributed by atoms with Crippen LogP contribution in [-0.2, 0) is 0 Å². The molecule has 2 heteroatoms. The summed E-state index contributed by atoms with van der Waals surface area (Å²) in [5.74, 6) is 13.7. The molecule has 0 radical (unpaired) electrons. The second-order valence-corrected chi connectivity index (χ2v) is 17.0. The highest BCUT2D eigenvalue weighted by Gasteiger charge is 2.31. The van der Waals surface area contributed by atoms with Crippen LogP contribution in [0, 0.1) is 45.9 Å². The first-order valence-corrected chi connectivity index (χ1v) is 18.3. The molecule has 0 spiro atoms. The lowest BCUT2D eigenvalue weighted by molar-refractivity contribution is 1.34. The topological polar surface area (TPSA) is 0 Å². The van der Waals surface area contributed by atoms with Crippen LogP contribution in [0.2, 0.25) is 25.2 Å². The highest BCUT2D eigenvalue weighted by Crippen LogP contribution is 2.20. The summed E-state index contributed by atoms with van der Waals surface area (Å²) in [6, 6.07) is 42.6. The minimum atomic E-state index is -2.26. The largest absolute Gasteiger partial charge is 0.214 e. The Morgan fingerprint density at radius 2 is 0.579 bits per heavy atom. The van der Waals surface area contributed by atoms with Crippen LogP contribution in [0.25, 0.3) is 0 Å². The Labute approximate surface area is 230 Å². The van der Waals surface area contributed by atoms with Gasteiger partial charge in [-0.25, -0.2) is 0 Å². The van der Waals surface area contributed by atoms with Gasteiger partial charge in [0, 0.05) is 22.3 Å². The van der Waals surface area contributed by atoms with Crippen molar-refractivity contribution in [3.05, 3.63) is 144 Å². The van der Waals surface area contributed by atoms with Crippen molar-refractivity contribution in [2.45, 2.75) is 25.2 Å². The molecule has 0 atom stereocenters. The van der Waals surface area contributed by atoms with Crippen LogP contribution in [0.3, 0.4) is 0 Å². The zero-order valence-corrected chi connectivity index (χ0v) is 24.0. The third-order valence-corrected chi connectivity index (χ3v) is 11.9. The van der Waals surface area contributed by atoms with E-state index in [2.05, 4.69) is 107 Å². The summed E-state index contributed by atoms with van der Waals surface area (Å²) in [5.41, 5.74) is 18.7. The number of hydrogen-bond donors (Lipinski definition) is 0. The van der Waals surface area contributed by atoms with E-state index >= 15 is 0 Å². The van der Waals surface area contributed by atoms with Gasteiger partial charge in [-0.05, 0) is 73.7 Å². The summed E-state index contributed by atoms with van der Waals surface area (Å²) in [6.45, 7) is 4.56. The Balaban J connectivity index is 1.67. The first-order valence-electron chi connectivity index (χ1n) is 12.8. The molecule has 4 aromatic rings. The molecule has 0 bridgehead atoms. The fraction of sp³-hybridized carbons (Fsp3) is 0.111. The van der Waals surface area contributed by atoms with Gasteiger partial charge in [0.05, 0.1) is 0 Å². The van der Waals surface area contributed by atoms with Gasteiger partial charge in [0.2, 0.25) is 16.1 Å². The Bertz CT molecular complexity index is 1340. The molecule has 0 N–H and O–H groups in total. The second-order valence-electron chi connectivity index (χ2n) is 9.63. The van der Waals surface area contributed by atoms with Gasteiger partial charge in [-0.3, -0.25) is 0 Å². The molecule has 0 aliphatic carbocycles. The summed E-state index contributed by atoms with van der Waals surface area (Å²) in [6.07, 6.45) is 0. The summed E-state index contributed by atoms with van der Waals surface area (Å²) in [5, 5.41) is 0. The van der Waals surface area contributed by atoms with Crippen molar-refractivity contribution in [2.24, 2.45) is 0 Å². The molecule has 0 aromatic heterocycles. The minimum Gasteiger partial charge on any atom is -0.110 e. The quantitative estimate of drug-likeness (QED) is 0.194. The maximum Gasteiger partial charge on any atom is 0.214 e. The third kappa shape index (κ3) is 8.59. The van der Waals surface area contributed by atoms with Crippen LogP contribution >= 0.6 is 0 Å². The van der Waals surface area contributed by atoms with Gasteiger partial charge in [-0.15, -0.1) is 22.2 Å². The lowest BCUT2D eigenvalue weighted by Crippen LogP contribution is -2.34. The van der Waals surface area contributed by atoms with Crippen LogP contribution in [0.5, 0.6) is 0 Å². The minimum absolute atomic E-state index is 0.933. The van der Waals surface area contributed by atoms with Gasteiger partial charge in [-0.1, -0.05) is 96.5 Å². The molecule has 0 heterocycles. The lowest BCUT2D eigenvalue weighted by Gasteiger charge is -2.19. The average Bonchev–Trinajstić information content (AvgIpc) is 2.98. The van der Waals surface area contributed by atoms with E-state index in [1.54, 1.807) is 0 Å². The Morgan fingerprint density at radius 1 is 0.368 bits per heavy atom. The summed E-state index contributed by atoms with van der Waals surface area (Å²) in [7, 11) is -4.53. The highest BCUT2D eigenvalue weighted by molar-refractivity contribution is 6.97. The van der Waals surface area contributed by atoms with Gasteiger partial charge in [-0.2, -0.15) is 0 Å². The molecule has 0 saturated carbocycles. The van der Waals surface area contributed by atoms with Crippen LogP contribution in [0.15, 0.2) is 121 Å². The number of rotatable bonds is 3.